The zero-order chi connectivity index (χ0) is 22.1. The molecule has 1 aliphatic heterocycles. The molecular weight excluding hydrogens is 403 g/mol. The van der Waals surface area contributed by atoms with Gasteiger partial charge in [-0.2, -0.15) is 0 Å². The molecule has 0 bridgehead atoms. The number of aliphatic hydroxyl groups is 4. The van der Waals surface area contributed by atoms with E-state index in [1.807, 2.05) is 24.3 Å². The third-order valence-corrected chi connectivity index (χ3v) is 5.88. The highest BCUT2D eigenvalue weighted by Gasteiger charge is 2.44. The van der Waals surface area contributed by atoms with E-state index >= 15 is 0 Å². The number of halogens is 1. The first-order valence-corrected chi connectivity index (χ1v) is 10.3. The Morgan fingerprint density at radius 3 is 2.35 bits per heavy atom. The largest absolute Gasteiger partial charge is 0.394 e. The molecule has 166 valence electrons. The first-order chi connectivity index (χ1) is 14.9. The zero-order valence-electron chi connectivity index (χ0n) is 16.9. The quantitative estimate of drug-likeness (QED) is 0.395. The third-order valence-electron chi connectivity index (χ3n) is 5.88. The van der Waals surface area contributed by atoms with Gasteiger partial charge >= 0.3 is 0 Å². The van der Waals surface area contributed by atoms with Gasteiger partial charge in [0.15, 0.2) is 6.23 Å². The molecule has 0 aliphatic carbocycles. The summed E-state index contributed by atoms with van der Waals surface area (Å²) in [5, 5.41) is 40.7. The number of hydrogen-bond donors (Lipinski definition) is 5. The molecule has 6 N–H and O–H groups in total. The Bertz CT molecular complexity index is 1040. The molecule has 31 heavy (non-hydrogen) atoms. The Hall–Kier alpha value is -2.33. The minimum Gasteiger partial charge on any atom is -0.394 e. The monoisotopic (exact) mass is 430 g/mol. The summed E-state index contributed by atoms with van der Waals surface area (Å²) in [6, 6.07) is 12.6. The fraction of sp³-hybridized carbons (Fsp3) is 0.391. The summed E-state index contributed by atoms with van der Waals surface area (Å²) in [6.07, 6.45) is -3.65. The number of aromatic nitrogens is 1. The average molecular weight is 430 g/mol. The van der Waals surface area contributed by atoms with Crippen LogP contribution in [-0.4, -0.2) is 62.6 Å². The van der Waals surface area contributed by atoms with Gasteiger partial charge in [-0.15, -0.1) is 0 Å². The fourth-order valence-corrected chi connectivity index (χ4v) is 4.21. The van der Waals surface area contributed by atoms with Gasteiger partial charge < -0.3 is 35.5 Å². The predicted octanol–water partition coefficient (Wildman–Crippen LogP) is 0.845. The molecule has 3 aromatic rings. The van der Waals surface area contributed by atoms with E-state index in [1.54, 1.807) is 22.9 Å². The number of hydrogen-bond acceptors (Lipinski definition) is 6. The first kappa shape index (κ1) is 21.9. The van der Waals surface area contributed by atoms with Crippen LogP contribution in [0.25, 0.3) is 10.9 Å². The van der Waals surface area contributed by atoms with Crippen LogP contribution in [-0.2, 0) is 17.6 Å². The van der Waals surface area contributed by atoms with Crippen molar-refractivity contribution in [2.75, 3.05) is 13.2 Å². The summed E-state index contributed by atoms with van der Waals surface area (Å²) in [6.45, 7) is 0.0359. The summed E-state index contributed by atoms with van der Waals surface area (Å²) in [4.78, 5) is 0. The lowest BCUT2D eigenvalue weighted by Crippen LogP contribution is -2.56. The van der Waals surface area contributed by atoms with Crippen LogP contribution in [0, 0.1) is 5.82 Å². The lowest BCUT2D eigenvalue weighted by Gasteiger charge is -2.40. The average Bonchev–Trinajstić information content (AvgIpc) is 3.13. The van der Waals surface area contributed by atoms with Crippen molar-refractivity contribution in [2.24, 2.45) is 5.73 Å². The van der Waals surface area contributed by atoms with Crippen LogP contribution in [0.5, 0.6) is 0 Å². The molecule has 0 amide bonds. The van der Waals surface area contributed by atoms with Crippen molar-refractivity contribution in [3.05, 3.63) is 71.2 Å². The minimum atomic E-state index is -1.51. The molecule has 2 aromatic carbocycles. The lowest BCUT2D eigenvalue weighted by atomic mass is 9.98. The molecule has 0 radical (unpaired) electrons. The van der Waals surface area contributed by atoms with Crippen LogP contribution in [0.2, 0.25) is 0 Å². The molecule has 1 aliphatic rings. The van der Waals surface area contributed by atoms with Gasteiger partial charge in [-0.1, -0.05) is 30.3 Å². The molecule has 1 aromatic heterocycles. The third kappa shape index (κ3) is 4.10. The van der Waals surface area contributed by atoms with Gasteiger partial charge in [0.1, 0.15) is 30.2 Å². The fourth-order valence-electron chi connectivity index (χ4n) is 4.21. The summed E-state index contributed by atoms with van der Waals surface area (Å²) < 4.78 is 22.1. The van der Waals surface area contributed by atoms with E-state index in [0.29, 0.717) is 29.4 Å². The van der Waals surface area contributed by atoms with Gasteiger partial charge in [-0.05, 0) is 48.2 Å². The van der Waals surface area contributed by atoms with E-state index < -0.39 is 43.1 Å². The number of rotatable bonds is 6. The predicted molar refractivity (Wildman–Crippen MR) is 113 cm³/mol. The Kier molecular flexibility index (Phi) is 6.38. The van der Waals surface area contributed by atoms with E-state index in [0.717, 1.165) is 17.5 Å². The molecule has 2 heterocycles. The zero-order valence-corrected chi connectivity index (χ0v) is 16.9. The van der Waals surface area contributed by atoms with Gasteiger partial charge in [0.2, 0.25) is 0 Å². The molecule has 1 saturated heterocycles. The van der Waals surface area contributed by atoms with E-state index in [1.165, 1.54) is 6.07 Å². The van der Waals surface area contributed by atoms with Gasteiger partial charge in [-0.25, -0.2) is 4.39 Å². The number of fused-ring (bicyclic) bond motifs is 1. The highest BCUT2D eigenvalue weighted by Crippen LogP contribution is 2.34. The van der Waals surface area contributed by atoms with E-state index in [-0.39, 0.29) is 0 Å². The van der Waals surface area contributed by atoms with Gasteiger partial charge in [-0.3, -0.25) is 0 Å². The highest BCUT2D eigenvalue weighted by molar-refractivity contribution is 5.85. The summed E-state index contributed by atoms with van der Waals surface area (Å²) in [5.74, 6) is -0.407. The second-order valence-corrected chi connectivity index (χ2v) is 7.95. The summed E-state index contributed by atoms with van der Waals surface area (Å²) in [7, 11) is 0. The molecular formula is C23H27FN2O5. The van der Waals surface area contributed by atoms with Gasteiger partial charge in [0, 0.05) is 11.6 Å². The molecule has 7 nitrogen and oxygen atoms in total. The topological polar surface area (TPSA) is 121 Å². The summed E-state index contributed by atoms with van der Waals surface area (Å²) in [5.41, 5.74) is 8.88. The second-order valence-electron chi connectivity index (χ2n) is 7.95. The molecule has 0 spiro atoms. The van der Waals surface area contributed by atoms with Crippen molar-refractivity contribution >= 4 is 10.9 Å². The SMILES string of the molecule is NCCc1ccc(Cc2cn([C@@H]3O[C@H](CO)[C@@H](O)[C@H](O)[C@H]3O)c3cccc(F)c23)cc1. The standard InChI is InChI=1S/C23H27FN2O5/c24-16-2-1-3-17-19(16)15(10-14-6-4-13(5-7-14)8-9-25)11-26(17)23-22(30)21(29)20(28)18(12-27)31-23/h1-7,11,18,20-23,27-30H,8-10,12,25H2/t18-,20-,21+,22-,23-/m1/s1. The number of benzene rings is 2. The van der Waals surface area contributed by atoms with Crippen LogP contribution in [0.15, 0.2) is 48.7 Å². The highest BCUT2D eigenvalue weighted by atomic mass is 19.1. The van der Waals surface area contributed by atoms with Crippen molar-refractivity contribution in [2.45, 2.75) is 43.5 Å². The maximum Gasteiger partial charge on any atom is 0.163 e. The normalized spacial score (nSPS) is 26.5. The molecule has 8 heteroatoms. The summed E-state index contributed by atoms with van der Waals surface area (Å²) >= 11 is 0. The van der Waals surface area contributed by atoms with Gasteiger partial charge in [0.25, 0.3) is 0 Å². The minimum absolute atomic E-state index is 0.394. The molecule has 1 fully saturated rings. The van der Waals surface area contributed by atoms with Crippen molar-refractivity contribution < 1.29 is 29.6 Å². The molecule has 0 saturated carbocycles. The number of aliphatic hydroxyl groups excluding tert-OH is 4. The van der Waals surface area contributed by atoms with E-state index in [4.69, 9.17) is 10.5 Å². The lowest BCUT2D eigenvalue weighted by molar-refractivity contribution is -0.250. The van der Waals surface area contributed by atoms with Crippen LogP contribution in [0.1, 0.15) is 22.9 Å². The Balaban J connectivity index is 1.73. The first-order valence-electron chi connectivity index (χ1n) is 10.3. The second kappa shape index (κ2) is 9.04. The van der Waals surface area contributed by atoms with Crippen molar-refractivity contribution in [1.82, 2.24) is 4.57 Å². The maximum atomic E-state index is 14.8. The van der Waals surface area contributed by atoms with E-state index in [9.17, 15) is 24.8 Å². The van der Waals surface area contributed by atoms with Crippen LogP contribution in [0.3, 0.4) is 0 Å². The van der Waals surface area contributed by atoms with Crippen LogP contribution in [0.4, 0.5) is 4.39 Å². The smallest absolute Gasteiger partial charge is 0.163 e. The van der Waals surface area contributed by atoms with Crippen molar-refractivity contribution in [1.29, 1.82) is 0 Å². The molecule has 0 unspecified atom stereocenters. The van der Waals surface area contributed by atoms with Gasteiger partial charge in [0.05, 0.1) is 12.1 Å². The Labute approximate surface area is 179 Å². The van der Waals surface area contributed by atoms with Crippen molar-refractivity contribution in [3.8, 4) is 0 Å². The maximum absolute atomic E-state index is 14.8. The number of ether oxygens (including phenoxy) is 1. The van der Waals surface area contributed by atoms with Crippen LogP contribution >= 0.6 is 0 Å². The van der Waals surface area contributed by atoms with Crippen molar-refractivity contribution in [3.63, 3.8) is 0 Å². The molecule has 5 atom stereocenters. The number of nitrogens with zero attached hydrogens (tertiary/aromatic N) is 1. The molecule has 4 rings (SSSR count). The number of nitrogens with two attached hydrogens (primary N) is 1. The van der Waals surface area contributed by atoms with E-state index in [2.05, 4.69) is 0 Å². The van der Waals surface area contributed by atoms with Crippen LogP contribution < -0.4 is 5.73 Å². The Morgan fingerprint density at radius 2 is 1.68 bits per heavy atom. The Morgan fingerprint density at radius 1 is 0.968 bits per heavy atom.